The molecule has 0 amide bonds. The maximum atomic E-state index is 9.26. The van der Waals surface area contributed by atoms with Crippen molar-refractivity contribution in [2.45, 2.75) is 50.1 Å². The van der Waals surface area contributed by atoms with Crippen molar-refractivity contribution in [3.8, 4) is 6.07 Å². The minimum Gasteiger partial charge on any atom is -0.378 e. The largest absolute Gasteiger partial charge is 0.378 e. The van der Waals surface area contributed by atoms with E-state index in [9.17, 15) is 5.26 Å². The lowest BCUT2D eigenvalue weighted by Gasteiger charge is -2.41. The molecular weight excluding hydrogens is 388 g/mol. The topological polar surface area (TPSA) is 76.8 Å². The molecule has 2 unspecified atom stereocenters. The summed E-state index contributed by atoms with van der Waals surface area (Å²) in [6.45, 7) is 5.87. The van der Waals surface area contributed by atoms with Crippen molar-refractivity contribution in [1.29, 1.82) is 5.26 Å². The van der Waals surface area contributed by atoms with Gasteiger partial charge in [0.2, 0.25) is 0 Å². The first-order valence-corrected chi connectivity index (χ1v) is 11.8. The Hall–Kier alpha value is -2.43. The summed E-state index contributed by atoms with van der Waals surface area (Å²) in [5.74, 6) is 4.17. The lowest BCUT2D eigenvalue weighted by Crippen LogP contribution is -2.51. The Morgan fingerprint density at radius 3 is 2.68 bits per heavy atom. The van der Waals surface area contributed by atoms with Gasteiger partial charge in [0.05, 0.1) is 25.3 Å². The molecule has 0 aromatic carbocycles. The standard InChI is InChI=1S/C24H30N6O/c25-13-16-1-5-26-22(9-16)27-23-11-19(12-24(28-23)30-8-4-18-10-21(18)30)17-2-6-29(7-3-17)20-14-31-15-20/h9,11-12,17-18,20-21H,1-8,10,14-15H2,(H,26,27,28). The van der Waals surface area contributed by atoms with Gasteiger partial charge in [-0.1, -0.05) is 0 Å². The second-order valence-corrected chi connectivity index (χ2v) is 9.61. The van der Waals surface area contributed by atoms with Crippen molar-refractivity contribution in [3.63, 3.8) is 0 Å². The zero-order valence-corrected chi connectivity index (χ0v) is 18.0. The molecule has 4 fully saturated rings. The van der Waals surface area contributed by atoms with Crippen molar-refractivity contribution in [2.24, 2.45) is 10.9 Å². The summed E-state index contributed by atoms with van der Waals surface area (Å²) in [5, 5.41) is 12.7. The zero-order valence-electron chi connectivity index (χ0n) is 18.0. The Labute approximate surface area is 183 Å². The molecule has 5 aliphatic rings. The summed E-state index contributed by atoms with van der Waals surface area (Å²) >= 11 is 0. The average Bonchev–Trinajstić information content (AvgIpc) is 3.42. The number of fused-ring (bicyclic) bond motifs is 1. The Morgan fingerprint density at radius 2 is 2.00 bits per heavy atom. The van der Waals surface area contributed by atoms with Crippen molar-refractivity contribution in [2.75, 3.05) is 49.6 Å². The monoisotopic (exact) mass is 418 g/mol. The maximum absolute atomic E-state index is 9.26. The van der Waals surface area contributed by atoms with E-state index in [1.165, 1.54) is 31.2 Å². The van der Waals surface area contributed by atoms with Crippen LogP contribution in [0.3, 0.4) is 0 Å². The summed E-state index contributed by atoms with van der Waals surface area (Å²) in [5.41, 5.74) is 2.17. The van der Waals surface area contributed by atoms with Gasteiger partial charge in [0, 0.05) is 31.1 Å². The van der Waals surface area contributed by atoms with Gasteiger partial charge in [-0.3, -0.25) is 9.89 Å². The molecule has 31 heavy (non-hydrogen) atoms. The van der Waals surface area contributed by atoms with Gasteiger partial charge in [-0.2, -0.15) is 5.26 Å². The van der Waals surface area contributed by atoms with Gasteiger partial charge in [0.15, 0.2) is 0 Å². The van der Waals surface area contributed by atoms with Crippen LogP contribution in [0.25, 0.3) is 0 Å². The molecule has 5 heterocycles. The Balaban J connectivity index is 1.24. The third kappa shape index (κ3) is 3.83. The first-order chi connectivity index (χ1) is 15.3. The molecule has 1 aliphatic carbocycles. The fourth-order valence-corrected chi connectivity index (χ4v) is 5.57. The van der Waals surface area contributed by atoms with Gasteiger partial charge in [-0.05, 0) is 74.4 Å². The third-order valence-electron chi connectivity index (χ3n) is 7.67. The number of hydrogen-bond donors (Lipinski definition) is 1. The molecule has 1 saturated carbocycles. The number of rotatable bonds is 4. The highest BCUT2D eigenvalue weighted by Crippen LogP contribution is 2.46. The molecule has 7 nitrogen and oxygen atoms in total. The molecule has 2 atom stereocenters. The lowest BCUT2D eigenvalue weighted by atomic mass is 9.89. The number of nitriles is 1. The third-order valence-corrected chi connectivity index (χ3v) is 7.67. The molecule has 1 N–H and O–H groups in total. The number of nitrogens with one attached hydrogen (secondary N) is 1. The van der Waals surface area contributed by atoms with E-state index >= 15 is 0 Å². The second-order valence-electron chi connectivity index (χ2n) is 9.61. The van der Waals surface area contributed by atoms with E-state index in [1.54, 1.807) is 0 Å². The molecule has 1 aromatic rings. The molecule has 6 rings (SSSR count). The summed E-state index contributed by atoms with van der Waals surface area (Å²) < 4.78 is 5.39. The van der Waals surface area contributed by atoms with Crippen LogP contribution in [0.4, 0.5) is 11.6 Å². The van der Waals surface area contributed by atoms with E-state index in [1.807, 2.05) is 6.08 Å². The molecule has 1 aromatic heterocycles. The van der Waals surface area contributed by atoms with Gasteiger partial charge < -0.3 is 15.0 Å². The molecule has 0 bridgehead atoms. The lowest BCUT2D eigenvalue weighted by molar-refractivity contribution is -0.0712. The van der Waals surface area contributed by atoms with Crippen LogP contribution in [-0.4, -0.2) is 67.2 Å². The summed E-state index contributed by atoms with van der Waals surface area (Å²) in [7, 11) is 0. The number of aliphatic imine (C=N–C) groups is 1. The van der Waals surface area contributed by atoms with E-state index in [4.69, 9.17) is 9.72 Å². The summed E-state index contributed by atoms with van der Waals surface area (Å²) in [4.78, 5) is 14.7. The van der Waals surface area contributed by atoms with E-state index < -0.39 is 0 Å². The van der Waals surface area contributed by atoms with Crippen LogP contribution < -0.4 is 10.2 Å². The number of amidine groups is 1. The number of nitrogens with zero attached hydrogens (tertiary/aromatic N) is 5. The molecule has 4 aliphatic heterocycles. The highest BCUT2D eigenvalue weighted by atomic mass is 16.5. The molecular formula is C24H30N6O. The van der Waals surface area contributed by atoms with Crippen LogP contribution in [0.2, 0.25) is 0 Å². The highest BCUT2D eigenvalue weighted by molar-refractivity contribution is 6.04. The first kappa shape index (κ1) is 19.3. The predicted molar refractivity (Wildman–Crippen MR) is 120 cm³/mol. The number of aromatic nitrogens is 1. The number of likely N-dealkylation sites (tertiary alicyclic amines) is 1. The van der Waals surface area contributed by atoms with Gasteiger partial charge in [-0.15, -0.1) is 0 Å². The Kier molecular flexibility index (Phi) is 4.92. The molecule has 3 saturated heterocycles. The normalized spacial score (nSPS) is 28.9. The smallest absolute Gasteiger partial charge is 0.134 e. The molecule has 0 radical (unpaired) electrons. The molecule has 7 heteroatoms. The highest BCUT2D eigenvalue weighted by Gasteiger charge is 2.47. The number of pyridine rings is 1. The molecule has 162 valence electrons. The summed E-state index contributed by atoms with van der Waals surface area (Å²) in [6, 6.07) is 8.15. The van der Waals surface area contributed by atoms with Crippen molar-refractivity contribution >= 4 is 17.5 Å². The number of anilines is 2. The average molecular weight is 419 g/mol. The fourth-order valence-electron chi connectivity index (χ4n) is 5.57. The minimum atomic E-state index is 0.565. The van der Waals surface area contributed by atoms with E-state index in [2.05, 4.69) is 38.3 Å². The molecule has 0 spiro atoms. The Morgan fingerprint density at radius 1 is 1.13 bits per heavy atom. The van der Waals surface area contributed by atoms with Crippen molar-refractivity contribution in [1.82, 2.24) is 9.88 Å². The fraction of sp³-hybridized carbons (Fsp3) is 0.625. The van der Waals surface area contributed by atoms with Crippen LogP contribution in [0.15, 0.2) is 28.8 Å². The number of piperidine rings is 2. The maximum Gasteiger partial charge on any atom is 0.134 e. The SMILES string of the molecule is N#CC1=CC(Nc2cc(C3CCN(C4COC4)CC3)cc(N3CCC4CC43)n2)=NCC1. The number of hydrogen-bond acceptors (Lipinski definition) is 7. The second kappa shape index (κ2) is 7.92. The van der Waals surface area contributed by atoms with E-state index in [-0.39, 0.29) is 0 Å². The minimum absolute atomic E-state index is 0.565. The van der Waals surface area contributed by atoms with Crippen LogP contribution in [0, 0.1) is 17.2 Å². The Bertz CT molecular complexity index is 953. The van der Waals surface area contributed by atoms with E-state index in [0.717, 1.165) is 68.2 Å². The van der Waals surface area contributed by atoms with Crippen LogP contribution in [-0.2, 0) is 4.74 Å². The van der Waals surface area contributed by atoms with Crippen LogP contribution >= 0.6 is 0 Å². The van der Waals surface area contributed by atoms with E-state index in [0.29, 0.717) is 24.5 Å². The predicted octanol–water partition coefficient (Wildman–Crippen LogP) is 2.92. The zero-order chi connectivity index (χ0) is 20.8. The summed E-state index contributed by atoms with van der Waals surface area (Å²) in [6.07, 6.45) is 7.57. The van der Waals surface area contributed by atoms with Gasteiger partial charge in [-0.25, -0.2) is 4.98 Å². The van der Waals surface area contributed by atoms with Gasteiger partial charge in [0.25, 0.3) is 0 Å². The van der Waals surface area contributed by atoms with Crippen molar-refractivity contribution in [3.05, 3.63) is 29.3 Å². The van der Waals surface area contributed by atoms with Crippen LogP contribution in [0.5, 0.6) is 0 Å². The van der Waals surface area contributed by atoms with Crippen molar-refractivity contribution < 1.29 is 4.74 Å². The quantitative estimate of drug-likeness (QED) is 0.810. The number of dihydropyridines is 1. The van der Waals surface area contributed by atoms with Gasteiger partial charge >= 0.3 is 0 Å². The van der Waals surface area contributed by atoms with Gasteiger partial charge in [0.1, 0.15) is 17.5 Å². The number of ether oxygens (including phenoxy) is 1. The van der Waals surface area contributed by atoms with Crippen LogP contribution in [0.1, 0.15) is 43.6 Å². The first-order valence-electron chi connectivity index (χ1n) is 11.8.